The molecule has 0 amide bonds. The zero-order valence-corrected chi connectivity index (χ0v) is 13.6. The molecule has 108 valence electrons. The van der Waals surface area contributed by atoms with Crippen LogP contribution >= 0.6 is 15.9 Å². The third-order valence-corrected chi connectivity index (χ3v) is 6.49. The summed E-state index contributed by atoms with van der Waals surface area (Å²) >= 11 is 3.64. The lowest BCUT2D eigenvalue weighted by Crippen LogP contribution is -2.61. The molecule has 20 heavy (non-hydrogen) atoms. The summed E-state index contributed by atoms with van der Waals surface area (Å²) in [7, 11) is 1.72. The van der Waals surface area contributed by atoms with Crippen LogP contribution in [0.25, 0.3) is 0 Å². The van der Waals surface area contributed by atoms with Crippen LogP contribution in [0.5, 0.6) is 5.75 Å². The Morgan fingerprint density at radius 3 is 2.45 bits per heavy atom. The van der Waals surface area contributed by atoms with Gasteiger partial charge in [0.25, 0.3) is 0 Å². The van der Waals surface area contributed by atoms with Crippen molar-refractivity contribution >= 4 is 15.9 Å². The first-order valence-corrected chi connectivity index (χ1v) is 8.44. The molecule has 2 nitrogen and oxygen atoms in total. The van der Waals surface area contributed by atoms with Crippen molar-refractivity contribution in [2.45, 2.75) is 49.5 Å². The summed E-state index contributed by atoms with van der Waals surface area (Å²) in [6.45, 7) is 0. The first-order valence-electron chi connectivity index (χ1n) is 7.65. The van der Waals surface area contributed by atoms with E-state index in [2.05, 4.69) is 34.1 Å². The lowest BCUT2D eigenvalue weighted by Gasteiger charge is -2.61. The van der Waals surface area contributed by atoms with E-state index in [1.54, 1.807) is 7.11 Å². The third kappa shape index (κ3) is 1.86. The van der Waals surface area contributed by atoms with Crippen LogP contribution in [0.4, 0.5) is 0 Å². The minimum Gasteiger partial charge on any atom is -0.496 e. The maximum atomic E-state index is 6.70. The number of rotatable bonds is 2. The SMILES string of the molecule is COc1ccc(C23CC4CC(CC(N)(C4)C2)C3)cc1Br. The van der Waals surface area contributed by atoms with Crippen molar-refractivity contribution < 1.29 is 4.74 Å². The second kappa shape index (κ2) is 4.23. The fourth-order valence-corrected chi connectivity index (χ4v) is 6.21. The summed E-state index contributed by atoms with van der Waals surface area (Å²) in [5.74, 6) is 2.62. The Labute approximate surface area is 129 Å². The maximum Gasteiger partial charge on any atom is 0.133 e. The van der Waals surface area contributed by atoms with Gasteiger partial charge in [-0.3, -0.25) is 0 Å². The lowest BCUT2D eigenvalue weighted by molar-refractivity contribution is -0.0227. The molecule has 4 saturated carbocycles. The average molecular weight is 336 g/mol. The molecule has 4 aliphatic rings. The van der Waals surface area contributed by atoms with E-state index in [4.69, 9.17) is 10.5 Å². The topological polar surface area (TPSA) is 35.2 Å². The van der Waals surface area contributed by atoms with Gasteiger partial charge in [-0.1, -0.05) is 6.07 Å². The molecule has 0 heterocycles. The summed E-state index contributed by atoms with van der Waals surface area (Å²) in [6.07, 6.45) is 7.76. The molecule has 4 aliphatic carbocycles. The van der Waals surface area contributed by atoms with Gasteiger partial charge in [-0.2, -0.15) is 0 Å². The summed E-state index contributed by atoms with van der Waals surface area (Å²) in [5.41, 5.74) is 8.60. The van der Waals surface area contributed by atoms with Gasteiger partial charge in [-0.25, -0.2) is 0 Å². The molecule has 4 bridgehead atoms. The van der Waals surface area contributed by atoms with Gasteiger partial charge < -0.3 is 10.5 Å². The molecule has 3 heteroatoms. The van der Waals surface area contributed by atoms with Crippen molar-refractivity contribution in [1.82, 2.24) is 0 Å². The van der Waals surface area contributed by atoms with Crippen molar-refractivity contribution in [2.24, 2.45) is 17.6 Å². The maximum absolute atomic E-state index is 6.70. The number of benzene rings is 1. The Morgan fingerprint density at radius 2 is 1.90 bits per heavy atom. The summed E-state index contributed by atoms with van der Waals surface area (Å²) < 4.78 is 6.44. The highest BCUT2D eigenvalue weighted by Gasteiger charge is 2.56. The zero-order chi connectivity index (χ0) is 14.0. The standard InChI is InChI=1S/C17H22BrNO/c1-20-15-3-2-13(5-14(15)18)16-6-11-4-12(7-16)9-17(19,8-11)10-16/h2-3,5,11-12H,4,6-10,19H2,1H3. The molecule has 0 spiro atoms. The molecule has 5 rings (SSSR count). The minimum atomic E-state index is 0.108. The van der Waals surface area contributed by atoms with Crippen LogP contribution in [0.3, 0.4) is 0 Å². The predicted octanol–water partition coefficient (Wildman–Crippen LogP) is 4.01. The molecule has 4 fully saturated rings. The van der Waals surface area contributed by atoms with Gasteiger partial charge in [-0.05, 0) is 89.4 Å². The fraction of sp³-hybridized carbons (Fsp3) is 0.647. The van der Waals surface area contributed by atoms with E-state index < -0.39 is 0 Å². The van der Waals surface area contributed by atoms with E-state index in [-0.39, 0.29) is 5.54 Å². The zero-order valence-electron chi connectivity index (χ0n) is 12.0. The smallest absolute Gasteiger partial charge is 0.133 e. The van der Waals surface area contributed by atoms with E-state index in [1.807, 2.05) is 0 Å². The Balaban J connectivity index is 1.76. The van der Waals surface area contributed by atoms with E-state index >= 15 is 0 Å². The van der Waals surface area contributed by atoms with Crippen molar-refractivity contribution in [1.29, 1.82) is 0 Å². The third-order valence-electron chi connectivity index (χ3n) is 5.87. The second-order valence-corrected chi connectivity index (χ2v) is 8.31. The first-order chi connectivity index (χ1) is 9.52. The Kier molecular flexibility index (Phi) is 2.78. The molecule has 2 atom stereocenters. The van der Waals surface area contributed by atoms with Crippen molar-refractivity contribution in [3.63, 3.8) is 0 Å². The quantitative estimate of drug-likeness (QED) is 0.886. The molecule has 2 unspecified atom stereocenters. The van der Waals surface area contributed by atoms with Crippen LogP contribution in [-0.2, 0) is 5.41 Å². The van der Waals surface area contributed by atoms with Gasteiger partial charge in [0.1, 0.15) is 5.75 Å². The number of halogens is 1. The minimum absolute atomic E-state index is 0.108. The summed E-state index contributed by atoms with van der Waals surface area (Å²) in [4.78, 5) is 0. The van der Waals surface area contributed by atoms with Gasteiger partial charge in [-0.15, -0.1) is 0 Å². The molecular formula is C17H22BrNO. The summed E-state index contributed by atoms with van der Waals surface area (Å²) in [6, 6.07) is 6.64. The van der Waals surface area contributed by atoms with Gasteiger partial charge in [0.05, 0.1) is 11.6 Å². The van der Waals surface area contributed by atoms with Crippen LogP contribution in [0.15, 0.2) is 22.7 Å². The fourth-order valence-electron chi connectivity index (χ4n) is 5.67. The number of hydrogen-bond acceptors (Lipinski definition) is 2. The molecule has 2 N–H and O–H groups in total. The number of nitrogens with two attached hydrogens (primary N) is 1. The van der Waals surface area contributed by atoms with E-state index in [9.17, 15) is 0 Å². The van der Waals surface area contributed by atoms with E-state index in [1.165, 1.54) is 44.1 Å². The largest absolute Gasteiger partial charge is 0.496 e. The number of methoxy groups -OCH3 is 1. The van der Waals surface area contributed by atoms with Crippen LogP contribution in [0, 0.1) is 11.8 Å². The van der Waals surface area contributed by atoms with Gasteiger partial charge in [0, 0.05) is 5.54 Å². The van der Waals surface area contributed by atoms with E-state index in [0.29, 0.717) is 5.41 Å². The van der Waals surface area contributed by atoms with Crippen LogP contribution in [0.1, 0.15) is 44.1 Å². The lowest BCUT2D eigenvalue weighted by atomic mass is 9.45. The highest BCUT2D eigenvalue weighted by atomic mass is 79.9. The number of ether oxygens (including phenoxy) is 1. The molecule has 1 aromatic carbocycles. The molecule has 0 saturated heterocycles. The van der Waals surface area contributed by atoms with Crippen LogP contribution < -0.4 is 10.5 Å². The van der Waals surface area contributed by atoms with Crippen molar-refractivity contribution in [3.8, 4) is 5.75 Å². The molecular weight excluding hydrogens is 314 g/mol. The molecule has 0 radical (unpaired) electrons. The average Bonchev–Trinajstić information content (AvgIpc) is 2.35. The number of hydrogen-bond donors (Lipinski definition) is 1. The van der Waals surface area contributed by atoms with Crippen molar-refractivity contribution in [2.75, 3.05) is 7.11 Å². The Hall–Kier alpha value is -0.540. The highest BCUT2D eigenvalue weighted by molar-refractivity contribution is 9.10. The van der Waals surface area contributed by atoms with Crippen LogP contribution in [0.2, 0.25) is 0 Å². The Morgan fingerprint density at radius 1 is 1.20 bits per heavy atom. The molecule has 1 aromatic rings. The van der Waals surface area contributed by atoms with E-state index in [0.717, 1.165) is 22.1 Å². The van der Waals surface area contributed by atoms with Gasteiger partial charge in [0.2, 0.25) is 0 Å². The Bertz CT molecular complexity index is 542. The highest BCUT2D eigenvalue weighted by Crippen LogP contribution is 2.61. The van der Waals surface area contributed by atoms with Crippen molar-refractivity contribution in [3.05, 3.63) is 28.2 Å². The van der Waals surface area contributed by atoms with Crippen LogP contribution in [-0.4, -0.2) is 12.6 Å². The molecule has 0 aromatic heterocycles. The van der Waals surface area contributed by atoms with Gasteiger partial charge >= 0.3 is 0 Å². The second-order valence-electron chi connectivity index (χ2n) is 7.45. The monoisotopic (exact) mass is 335 g/mol. The van der Waals surface area contributed by atoms with Gasteiger partial charge in [0.15, 0.2) is 0 Å². The normalized spacial score (nSPS) is 42.0. The summed E-state index contributed by atoms with van der Waals surface area (Å²) in [5, 5.41) is 0. The molecule has 0 aliphatic heterocycles. The first kappa shape index (κ1) is 13.1. The predicted molar refractivity (Wildman–Crippen MR) is 84.0 cm³/mol.